The van der Waals surface area contributed by atoms with E-state index in [-0.39, 0.29) is 22.4 Å². The van der Waals surface area contributed by atoms with Gasteiger partial charge < -0.3 is 14.7 Å². The number of amides is 1. The number of likely N-dealkylation sites (tertiary alicyclic amines) is 1. The summed E-state index contributed by atoms with van der Waals surface area (Å²) in [6.07, 6.45) is -0.157. The number of aliphatic carboxylic acids is 1. The highest BCUT2D eigenvalue weighted by molar-refractivity contribution is 6.30. The minimum Gasteiger partial charge on any atom is -0.481 e. The van der Waals surface area contributed by atoms with Gasteiger partial charge in [-0.2, -0.15) is 0 Å². The number of carboxylic acid groups (broad SMARTS) is 1. The Morgan fingerprint density at radius 1 is 1.42 bits per heavy atom. The highest BCUT2D eigenvalue weighted by atomic mass is 35.5. The van der Waals surface area contributed by atoms with E-state index in [2.05, 4.69) is 0 Å². The van der Waals surface area contributed by atoms with E-state index in [0.29, 0.717) is 25.9 Å². The molecule has 1 atom stereocenters. The fourth-order valence-electron chi connectivity index (χ4n) is 2.58. The van der Waals surface area contributed by atoms with Gasteiger partial charge in [-0.25, -0.2) is 0 Å². The van der Waals surface area contributed by atoms with Gasteiger partial charge in [0.15, 0.2) is 11.9 Å². The molecule has 0 radical (unpaired) electrons. The summed E-state index contributed by atoms with van der Waals surface area (Å²) in [4.78, 5) is 35.3. The van der Waals surface area contributed by atoms with Crippen LogP contribution in [0.4, 0.5) is 5.69 Å². The van der Waals surface area contributed by atoms with Crippen molar-refractivity contribution in [1.82, 2.24) is 4.90 Å². The summed E-state index contributed by atoms with van der Waals surface area (Å²) in [6, 6.07) is 3.95. The Balaban J connectivity index is 2.02. The number of carboxylic acids is 1. The Labute approximate surface area is 143 Å². The smallest absolute Gasteiger partial charge is 0.312 e. The van der Waals surface area contributed by atoms with Crippen LogP contribution in [0.1, 0.15) is 19.8 Å². The van der Waals surface area contributed by atoms with Gasteiger partial charge in [0.1, 0.15) is 0 Å². The molecule has 1 heterocycles. The number of piperidine rings is 1. The second kappa shape index (κ2) is 7.48. The lowest BCUT2D eigenvalue weighted by molar-refractivity contribution is -0.386. The predicted molar refractivity (Wildman–Crippen MR) is 85.1 cm³/mol. The van der Waals surface area contributed by atoms with Crippen LogP contribution in [0.15, 0.2) is 18.2 Å². The maximum Gasteiger partial charge on any atom is 0.312 e. The molecule has 0 bridgehead atoms. The van der Waals surface area contributed by atoms with Crippen LogP contribution in [0.5, 0.6) is 5.75 Å². The zero-order chi connectivity index (χ0) is 17.9. The minimum atomic E-state index is -0.925. The summed E-state index contributed by atoms with van der Waals surface area (Å²) in [5, 5.41) is 20.2. The first kappa shape index (κ1) is 18.0. The molecule has 0 saturated carbocycles. The molecular formula is C15H17ClN2O6. The number of nitro benzene ring substituents is 1. The first-order chi connectivity index (χ1) is 11.3. The molecule has 1 aliphatic rings. The Morgan fingerprint density at radius 3 is 2.58 bits per heavy atom. The third-order valence-electron chi connectivity index (χ3n) is 3.93. The normalized spacial score (nSPS) is 16.5. The fourth-order valence-corrected chi connectivity index (χ4v) is 2.74. The van der Waals surface area contributed by atoms with Crippen molar-refractivity contribution in [1.29, 1.82) is 0 Å². The van der Waals surface area contributed by atoms with Crippen molar-refractivity contribution in [2.24, 2.45) is 5.92 Å². The molecular weight excluding hydrogens is 340 g/mol. The molecule has 1 aliphatic heterocycles. The van der Waals surface area contributed by atoms with Crippen molar-refractivity contribution in [3.63, 3.8) is 0 Å². The summed E-state index contributed by atoms with van der Waals surface area (Å²) in [6.45, 7) is 2.16. The quantitative estimate of drug-likeness (QED) is 0.640. The average molecular weight is 357 g/mol. The van der Waals surface area contributed by atoms with Gasteiger partial charge in [-0.3, -0.25) is 19.7 Å². The first-order valence-corrected chi connectivity index (χ1v) is 7.79. The van der Waals surface area contributed by atoms with Crippen molar-refractivity contribution in [3.05, 3.63) is 33.3 Å². The van der Waals surface area contributed by atoms with Crippen molar-refractivity contribution < 1.29 is 24.4 Å². The second-order valence-electron chi connectivity index (χ2n) is 5.57. The van der Waals surface area contributed by atoms with Gasteiger partial charge in [0, 0.05) is 24.2 Å². The molecule has 9 heteroatoms. The Hall–Kier alpha value is -2.35. The van der Waals surface area contributed by atoms with Crippen molar-refractivity contribution >= 4 is 29.2 Å². The maximum atomic E-state index is 12.4. The molecule has 0 spiro atoms. The van der Waals surface area contributed by atoms with Crippen molar-refractivity contribution in [3.8, 4) is 5.75 Å². The van der Waals surface area contributed by atoms with Crippen LogP contribution in [0, 0.1) is 16.0 Å². The van der Waals surface area contributed by atoms with E-state index in [9.17, 15) is 19.7 Å². The molecule has 0 aliphatic carbocycles. The van der Waals surface area contributed by atoms with Gasteiger partial charge in [-0.15, -0.1) is 0 Å². The number of rotatable bonds is 5. The molecule has 1 aromatic rings. The van der Waals surface area contributed by atoms with Gasteiger partial charge in [0.05, 0.1) is 10.8 Å². The summed E-state index contributed by atoms with van der Waals surface area (Å²) in [5.74, 6) is -1.67. The molecule has 8 nitrogen and oxygen atoms in total. The standard InChI is InChI=1S/C15H17ClN2O6/c1-9(14(19)17-6-4-10(5-7-17)15(20)21)24-13-3-2-11(16)8-12(13)18(22)23/h2-3,8-10H,4-7H2,1H3,(H,20,21). The van der Waals surface area contributed by atoms with Crippen molar-refractivity contribution in [2.45, 2.75) is 25.9 Å². The van der Waals surface area contributed by atoms with Crippen LogP contribution >= 0.6 is 11.6 Å². The molecule has 1 unspecified atom stereocenters. The number of hydrogen-bond acceptors (Lipinski definition) is 5. The topological polar surface area (TPSA) is 110 Å². The van der Waals surface area contributed by atoms with E-state index in [4.69, 9.17) is 21.4 Å². The van der Waals surface area contributed by atoms with Crippen LogP contribution in [-0.4, -0.2) is 46.0 Å². The van der Waals surface area contributed by atoms with Gasteiger partial charge in [0.25, 0.3) is 5.91 Å². The van der Waals surface area contributed by atoms with Gasteiger partial charge >= 0.3 is 11.7 Å². The third-order valence-corrected chi connectivity index (χ3v) is 4.16. The number of halogens is 1. The third kappa shape index (κ3) is 4.14. The molecule has 1 fully saturated rings. The van der Waals surface area contributed by atoms with Crippen LogP contribution in [-0.2, 0) is 9.59 Å². The lowest BCUT2D eigenvalue weighted by Crippen LogP contribution is -2.45. The molecule has 1 N–H and O–H groups in total. The number of nitrogens with zero attached hydrogens (tertiary/aromatic N) is 2. The molecule has 1 aromatic carbocycles. The fraction of sp³-hybridized carbons (Fsp3) is 0.467. The van der Waals surface area contributed by atoms with Crippen LogP contribution < -0.4 is 4.74 Å². The molecule has 0 aromatic heterocycles. The van der Waals surface area contributed by atoms with Gasteiger partial charge in [0.2, 0.25) is 0 Å². The zero-order valence-corrected chi connectivity index (χ0v) is 13.7. The average Bonchev–Trinajstić information content (AvgIpc) is 2.55. The highest BCUT2D eigenvalue weighted by Crippen LogP contribution is 2.31. The van der Waals surface area contributed by atoms with E-state index in [1.165, 1.54) is 24.0 Å². The largest absolute Gasteiger partial charge is 0.481 e. The van der Waals surface area contributed by atoms with Gasteiger partial charge in [-0.05, 0) is 31.9 Å². The van der Waals surface area contributed by atoms with Gasteiger partial charge in [-0.1, -0.05) is 11.6 Å². The first-order valence-electron chi connectivity index (χ1n) is 7.41. The number of nitro groups is 1. The van der Waals surface area contributed by atoms with E-state index >= 15 is 0 Å². The SMILES string of the molecule is CC(Oc1ccc(Cl)cc1[N+](=O)[O-])C(=O)N1CCC(C(=O)O)CC1. The van der Waals surface area contributed by atoms with Crippen LogP contribution in [0.2, 0.25) is 5.02 Å². The predicted octanol–water partition coefficient (Wildman–Crippen LogP) is 2.34. The molecule has 1 saturated heterocycles. The summed E-state index contributed by atoms with van der Waals surface area (Å²) in [5.41, 5.74) is -0.313. The summed E-state index contributed by atoms with van der Waals surface area (Å²) < 4.78 is 5.44. The van der Waals surface area contributed by atoms with Crippen LogP contribution in [0.3, 0.4) is 0 Å². The Kier molecular flexibility index (Phi) is 5.61. The highest BCUT2D eigenvalue weighted by Gasteiger charge is 2.30. The number of ether oxygens (including phenoxy) is 1. The molecule has 24 heavy (non-hydrogen) atoms. The number of hydrogen-bond donors (Lipinski definition) is 1. The van der Waals surface area contributed by atoms with E-state index in [0.717, 1.165) is 6.07 Å². The lowest BCUT2D eigenvalue weighted by atomic mass is 9.97. The number of carbonyl (C=O) groups is 2. The van der Waals surface area contributed by atoms with E-state index < -0.39 is 22.9 Å². The molecule has 130 valence electrons. The second-order valence-corrected chi connectivity index (χ2v) is 6.00. The Morgan fingerprint density at radius 2 is 2.04 bits per heavy atom. The van der Waals surface area contributed by atoms with Crippen LogP contribution in [0.25, 0.3) is 0 Å². The van der Waals surface area contributed by atoms with E-state index in [1.54, 1.807) is 0 Å². The van der Waals surface area contributed by atoms with E-state index in [1.807, 2.05) is 0 Å². The zero-order valence-electron chi connectivity index (χ0n) is 13.0. The lowest BCUT2D eigenvalue weighted by Gasteiger charge is -2.31. The molecule has 1 amide bonds. The number of carbonyl (C=O) groups excluding carboxylic acids is 1. The Bertz CT molecular complexity index is 657. The number of benzene rings is 1. The minimum absolute atomic E-state index is 0.0364. The molecule has 2 rings (SSSR count). The monoisotopic (exact) mass is 356 g/mol. The summed E-state index contributed by atoms with van der Waals surface area (Å²) in [7, 11) is 0. The van der Waals surface area contributed by atoms with Crippen molar-refractivity contribution in [2.75, 3.05) is 13.1 Å². The maximum absolute atomic E-state index is 12.4. The summed E-state index contributed by atoms with van der Waals surface area (Å²) >= 11 is 5.74.